The second kappa shape index (κ2) is 3.77. The molecule has 1 aliphatic rings. The van der Waals surface area contributed by atoms with Crippen LogP contribution in [0, 0.1) is 0 Å². The highest BCUT2D eigenvalue weighted by Crippen LogP contribution is 2.34. The fourth-order valence-electron chi connectivity index (χ4n) is 2.44. The molecule has 88 valence electrons. The lowest BCUT2D eigenvalue weighted by Gasteiger charge is -2.07. The van der Waals surface area contributed by atoms with Crippen LogP contribution in [0.25, 0.3) is 11.0 Å². The predicted octanol–water partition coefficient (Wildman–Crippen LogP) is 2.94. The lowest BCUT2D eigenvalue weighted by molar-refractivity contribution is 0.414. The van der Waals surface area contributed by atoms with Gasteiger partial charge in [0.25, 0.3) is 0 Å². The van der Waals surface area contributed by atoms with Crippen molar-refractivity contribution in [1.29, 1.82) is 0 Å². The summed E-state index contributed by atoms with van der Waals surface area (Å²) in [5, 5.41) is 1.48. The number of methoxy groups -OCH3 is 1. The maximum absolute atomic E-state index is 11.8. The van der Waals surface area contributed by atoms with Crippen molar-refractivity contribution in [3.63, 3.8) is 0 Å². The summed E-state index contributed by atoms with van der Waals surface area (Å²) in [6.07, 6.45) is 2.72. The van der Waals surface area contributed by atoms with Crippen LogP contribution in [0.1, 0.15) is 17.5 Å². The summed E-state index contributed by atoms with van der Waals surface area (Å²) in [4.78, 5) is 11.8. The van der Waals surface area contributed by atoms with Gasteiger partial charge in [0, 0.05) is 17.0 Å². The third-order valence-corrected chi connectivity index (χ3v) is 3.54. The summed E-state index contributed by atoms with van der Waals surface area (Å²) in [5.41, 5.74) is 2.21. The van der Waals surface area contributed by atoms with E-state index in [2.05, 4.69) is 0 Å². The van der Waals surface area contributed by atoms with E-state index in [0.29, 0.717) is 16.4 Å². The second-order valence-electron chi connectivity index (χ2n) is 4.18. The van der Waals surface area contributed by atoms with Gasteiger partial charge in [-0.1, -0.05) is 11.6 Å². The molecular formula is C13H11ClO3. The van der Waals surface area contributed by atoms with Gasteiger partial charge in [0.15, 0.2) is 0 Å². The normalized spacial score (nSPS) is 14.0. The summed E-state index contributed by atoms with van der Waals surface area (Å²) in [6, 6.07) is 3.50. The number of ether oxygens (including phenoxy) is 1. The summed E-state index contributed by atoms with van der Waals surface area (Å²) < 4.78 is 10.4. The van der Waals surface area contributed by atoms with Gasteiger partial charge < -0.3 is 9.15 Å². The Morgan fingerprint density at radius 3 is 2.82 bits per heavy atom. The first kappa shape index (κ1) is 10.7. The maximum Gasteiger partial charge on any atom is 0.339 e. The van der Waals surface area contributed by atoms with Crippen LogP contribution in [0.3, 0.4) is 0 Å². The van der Waals surface area contributed by atoms with Gasteiger partial charge in [-0.3, -0.25) is 0 Å². The number of aryl methyl sites for hydroxylation is 1. The van der Waals surface area contributed by atoms with Crippen LogP contribution in [0.4, 0.5) is 0 Å². The SMILES string of the molecule is COc1cc2oc(=O)c3c(c2cc1Cl)CCC3. The fourth-order valence-corrected chi connectivity index (χ4v) is 2.68. The fraction of sp³-hybridized carbons (Fsp3) is 0.308. The quantitative estimate of drug-likeness (QED) is 0.731. The van der Waals surface area contributed by atoms with Gasteiger partial charge in [0.1, 0.15) is 11.3 Å². The lowest BCUT2D eigenvalue weighted by atomic mass is 10.1. The van der Waals surface area contributed by atoms with E-state index in [1.807, 2.05) is 6.07 Å². The highest BCUT2D eigenvalue weighted by molar-refractivity contribution is 6.32. The third-order valence-electron chi connectivity index (χ3n) is 3.25. The molecule has 0 aliphatic heterocycles. The van der Waals surface area contributed by atoms with Crippen LogP contribution in [-0.2, 0) is 12.8 Å². The zero-order valence-electron chi connectivity index (χ0n) is 9.38. The zero-order chi connectivity index (χ0) is 12.0. The molecule has 3 rings (SSSR count). The van der Waals surface area contributed by atoms with Crippen LogP contribution in [0.2, 0.25) is 5.02 Å². The van der Waals surface area contributed by atoms with Gasteiger partial charge in [-0.2, -0.15) is 0 Å². The number of fused-ring (bicyclic) bond motifs is 3. The van der Waals surface area contributed by atoms with Crippen molar-refractivity contribution in [1.82, 2.24) is 0 Å². The molecule has 1 aromatic carbocycles. The van der Waals surface area contributed by atoms with E-state index in [1.54, 1.807) is 13.2 Å². The molecule has 4 heteroatoms. The zero-order valence-corrected chi connectivity index (χ0v) is 10.1. The van der Waals surface area contributed by atoms with Gasteiger partial charge in [-0.15, -0.1) is 0 Å². The standard InChI is InChI=1S/C13H11ClO3/c1-16-12-6-11-9(5-10(12)14)7-3-2-4-8(7)13(15)17-11/h5-6H,2-4H2,1H3. The molecule has 0 saturated heterocycles. The van der Waals surface area contributed by atoms with Crippen molar-refractivity contribution < 1.29 is 9.15 Å². The molecular weight excluding hydrogens is 240 g/mol. The Morgan fingerprint density at radius 2 is 2.06 bits per heavy atom. The van der Waals surface area contributed by atoms with Crippen LogP contribution in [-0.4, -0.2) is 7.11 Å². The average molecular weight is 251 g/mol. The first-order valence-corrected chi connectivity index (χ1v) is 5.90. The second-order valence-corrected chi connectivity index (χ2v) is 4.59. The van der Waals surface area contributed by atoms with E-state index in [0.717, 1.165) is 35.8 Å². The molecule has 0 saturated carbocycles. The molecule has 1 aromatic heterocycles. The minimum absolute atomic E-state index is 0.227. The largest absolute Gasteiger partial charge is 0.495 e. The molecule has 1 heterocycles. The van der Waals surface area contributed by atoms with E-state index >= 15 is 0 Å². The molecule has 17 heavy (non-hydrogen) atoms. The lowest BCUT2D eigenvalue weighted by Crippen LogP contribution is -2.06. The molecule has 0 spiro atoms. The van der Waals surface area contributed by atoms with Gasteiger partial charge in [0.2, 0.25) is 0 Å². The highest BCUT2D eigenvalue weighted by Gasteiger charge is 2.20. The summed E-state index contributed by atoms with van der Waals surface area (Å²) in [6.45, 7) is 0. The predicted molar refractivity (Wildman–Crippen MR) is 66.1 cm³/mol. The summed E-state index contributed by atoms with van der Waals surface area (Å²) >= 11 is 6.10. The number of hydrogen-bond acceptors (Lipinski definition) is 3. The molecule has 3 nitrogen and oxygen atoms in total. The van der Waals surface area contributed by atoms with Crippen molar-refractivity contribution >= 4 is 22.6 Å². The third kappa shape index (κ3) is 1.53. The topological polar surface area (TPSA) is 39.4 Å². The first-order valence-electron chi connectivity index (χ1n) is 5.53. The Labute approximate surface area is 103 Å². The number of rotatable bonds is 1. The average Bonchev–Trinajstić information content (AvgIpc) is 2.79. The van der Waals surface area contributed by atoms with Crippen LogP contribution in [0.5, 0.6) is 5.75 Å². The van der Waals surface area contributed by atoms with E-state index in [1.165, 1.54) is 0 Å². The van der Waals surface area contributed by atoms with Gasteiger partial charge in [0.05, 0.1) is 12.1 Å². The van der Waals surface area contributed by atoms with Crippen molar-refractivity contribution in [3.05, 3.63) is 38.7 Å². The van der Waals surface area contributed by atoms with E-state index in [4.69, 9.17) is 20.8 Å². The minimum atomic E-state index is -0.227. The van der Waals surface area contributed by atoms with E-state index in [-0.39, 0.29) is 5.63 Å². The van der Waals surface area contributed by atoms with Gasteiger partial charge >= 0.3 is 5.63 Å². The molecule has 1 aliphatic carbocycles. The van der Waals surface area contributed by atoms with Crippen molar-refractivity contribution in [3.8, 4) is 5.75 Å². The number of benzene rings is 1. The molecule has 0 radical (unpaired) electrons. The minimum Gasteiger partial charge on any atom is -0.495 e. The molecule has 0 unspecified atom stereocenters. The molecule has 0 atom stereocenters. The Hall–Kier alpha value is -1.48. The Morgan fingerprint density at radius 1 is 1.29 bits per heavy atom. The Bertz CT molecular complexity index is 658. The Kier molecular flexibility index (Phi) is 2.37. The number of halogens is 1. The monoisotopic (exact) mass is 250 g/mol. The first-order chi connectivity index (χ1) is 8.20. The molecule has 0 amide bonds. The van der Waals surface area contributed by atoms with E-state index < -0.39 is 0 Å². The van der Waals surface area contributed by atoms with Crippen molar-refractivity contribution in [2.24, 2.45) is 0 Å². The molecule has 0 fully saturated rings. The van der Waals surface area contributed by atoms with Gasteiger partial charge in [-0.05, 0) is 30.9 Å². The molecule has 0 bridgehead atoms. The van der Waals surface area contributed by atoms with Gasteiger partial charge in [-0.25, -0.2) is 4.79 Å². The van der Waals surface area contributed by atoms with Crippen LogP contribution < -0.4 is 10.4 Å². The van der Waals surface area contributed by atoms with Crippen LogP contribution in [0.15, 0.2) is 21.3 Å². The summed E-state index contributed by atoms with van der Waals surface area (Å²) in [5.74, 6) is 0.528. The number of hydrogen-bond donors (Lipinski definition) is 0. The Balaban J connectivity index is 2.41. The smallest absolute Gasteiger partial charge is 0.339 e. The molecule has 0 N–H and O–H groups in total. The maximum atomic E-state index is 11.8. The van der Waals surface area contributed by atoms with Crippen molar-refractivity contribution in [2.75, 3.05) is 7.11 Å². The summed E-state index contributed by atoms with van der Waals surface area (Å²) in [7, 11) is 1.54. The highest BCUT2D eigenvalue weighted by atomic mass is 35.5. The van der Waals surface area contributed by atoms with Crippen LogP contribution >= 0.6 is 11.6 Å². The van der Waals surface area contributed by atoms with E-state index in [9.17, 15) is 4.79 Å². The van der Waals surface area contributed by atoms with Crippen molar-refractivity contribution in [2.45, 2.75) is 19.3 Å². The molecule has 2 aromatic rings.